The van der Waals surface area contributed by atoms with Crippen molar-refractivity contribution in [2.24, 2.45) is 0 Å². The molecular weight excluding hydrogens is 229 g/mol. The van der Waals surface area contributed by atoms with E-state index in [1.165, 1.54) is 12.3 Å². The topological polar surface area (TPSA) is 22.1 Å². The summed E-state index contributed by atoms with van der Waals surface area (Å²) in [7, 11) is -2.39. The second-order valence-corrected chi connectivity index (χ2v) is 2.57. The van der Waals surface area contributed by atoms with E-state index < -0.39 is 7.04 Å². The Morgan fingerprint density at radius 2 is 2.78 bits per heavy atom. The zero-order valence-electron chi connectivity index (χ0n) is 7.47. The molecule has 1 rings (SSSR count). The molecule has 0 amide bonds. The Morgan fingerprint density at radius 1 is 1.89 bits per heavy atom. The first-order valence-corrected chi connectivity index (χ1v) is 3.35. The molecule has 48 valence electrons. The van der Waals surface area contributed by atoms with Crippen LogP contribution in [-0.2, 0) is 0 Å². The van der Waals surface area contributed by atoms with Crippen LogP contribution in [0.2, 0.25) is 0 Å². The maximum atomic E-state index is 6.85. The van der Waals surface area contributed by atoms with Crippen molar-refractivity contribution >= 4 is 22.6 Å². The van der Waals surface area contributed by atoms with Gasteiger partial charge in [-0.05, 0) is 28.7 Å². The molecule has 0 aliphatic rings. The van der Waals surface area contributed by atoms with Crippen LogP contribution in [-0.4, -0.2) is 12.0 Å². The largest absolute Gasteiger partial charge is 0.496 e. The van der Waals surface area contributed by atoms with E-state index in [0.29, 0.717) is 9.32 Å². The second-order valence-electron chi connectivity index (χ2n) is 1.41. The van der Waals surface area contributed by atoms with Crippen molar-refractivity contribution in [2.75, 3.05) is 7.04 Å². The van der Waals surface area contributed by atoms with Crippen LogP contribution >= 0.6 is 22.6 Å². The van der Waals surface area contributed by atoms with Gasteiger partial charge in [-0.1, -0.05) is 0 Å². The van der Waals surface area contributed by atoms with Gasteiger partial charge in [-0.15, -0.1) is 0 Å². The summed E-state index contributed by atoms with van der Waals surface area (Å²) in [5.74, 6) is 0.339. The first-order valence-electron chi connectivity index (χ1n) is 3.77. The highest BCUT2D eigenvalue weighted by molar-refractivity contribution is 14.1. The number of nitrogens with zero attached hydrogens (tertiary/aromatic N) is 1. The van der Waals surface area contributed by atoms with Gasteiger partial charge in [0.25, 0.3) is 0 Å². The van der Waals surface area contributed by atoms with Crippen LogP contribution in [0.1, 0.15) is 4.11 Å². The summed E-state index contributed by atoms with van der Waals surface area (Å²) < 4.78 is 25.9. The number of halogens is 1. The Bertz CT molecular complexity index is 276. The summed E-state index contributed by atoms with van der Waals surface area (Å²) in [6.45, 7) is 0. The molecule has 9 heavy (non-hydrogen) atoms. The fourth-order valence-electron chi connectivity index (χ4n) is 0.445. The van der Waals surface area contributed by atoms with Crippen molar-refractivity contribution in [3.63, 3.8) is 0 Å². The number of rotatable bonds is 1. The van der Waals surface area contributed by atoms with Gasteiger partial charge >= 0.3 is 0 Å². The van der Waals surface area contributed by atoms with Crippen molar-refractivity contribution in [1.82, 2.24) is 4.98 Å². The Balaban J connectivity index is 2.83. The smallest absolute Gasteiger partial charge is 0.135 e. The van der Waals surface area contributed by atoms with Gasteiger partial charge in [-0.3, -0.25) is 4.98 Å². The normalized spacial score (nSPS) is 15.4. The fraction of sp³-hybridized carbons (Fsp3) is 0.167. The summed E-state index contributed by atoms with van der Waals surface area (Å²) in [5, 5.41) is 0. The molecule has 0 aliphatic heterocycles. The van der Waals surface area contributed by atoms with Gasteiger partial charge in [0.1, 0.15) is 5.75 Å². The van der Waals surface area contributed by atoms with E-state index in [-0.39, 0.29) is 0 Å². The molecule has 3 heteroatoms. The van der Waals surface area contributed by atoms with Gasteiger partial charge < -0.3 is 4.74 Å². The maximum absolute atomic E-state index is 6.85. The standard InChI is InChI=1S/C6H6INO/c1-9-6-2-3-8-4-5(6)7/h2-4H,1H3/i1D3. The molecule has 0 N–H and O–H groups in total. The minimum atomic E-state index is -2.39. The molecule has 2 nitrogen and oxygen atoms in total. The monoisotopic (exact) mass is 238 g/mol. The van der Waals surface area contributed by atoms with Gasteiger partial charge in [-0.25, -0.2) is 0 Å². The van der Waals surface area contributed by atoms with Gasteiger partial charge in [-0.2, -0.15) is 0 Å². The van der Waals surface area contributed by atoms with Crippen LogP contribution in [0.25, 0.3) is 0 Å². The summed E-state index contributed by atoms with van der Waals surface area (Å²) >= 11 is 1.96. The molecule has 0 spiro atoms. The third-order valence-corrected chi connectivity index (χ3v) is 1.66. The second kappa shape index (κ2) is 3.00. The highest BCUT2D eigenvalue weighted by Gasteiger charge is 1.93. The SMILES string of the molecule is [2H]C([2H])([2H])Oc1ccncc1I. The van der Waals surface area contributed by atoms with Crippen molar-refractivity contribution in [1.29, 1.82) is 0 Å². The summed E-state index contributed by atoms with van der Waals surface area (Å²) in [4.78, 5) is 3.80. The molecule has 0 saturated heterocycles. The Hall–Kier alpha value is -0.320. The van der Waals surface area contributed by atoms with Crippen LogP contribution in [0.15, 0.2) is 18.5 Å². The average Bonchev–Trinajstić information content (AvgIpc) is 1.91. The number of hydrogen-bond acceptors (Lipinski definition) is 2. The van der Waals surface area contributed by atoms with E-state index in [1.54, 1.807) is 6.20 Å². The lowest BCUT2D eigenvalue weighted by Crippen LogP contribution is -1.85. The number of aromatic nitrogens is 1. The molecule has 0 radical (unpaired) electrons. The van der Waals surface area contributed by atoms with Crippen molar-refractivity contribution < 1.29 is 8.85 Å². The van der Waals surface area contributed by atoms with Gasteiger partial charge in [0.2, 0.25) is 0 Å². The van der Waals surface area contributed by atoms with Crippen molar-refractivity contribution in [3.8, 4) is 5.75 Å². The molecule has 0 bridgehead atoms. The minimum Gasteiger partial charge on any atom is -0.496 e. The first kappa shape index (κ1) is 3.75. The predicted octanol–water partition coefficient (Wildman–Crippen LogP) is 1.69. The molecule has 0 atom stereocenters. The van der Waals surface area contributed by atoms with E-state index in [2.05, 4.69) is 9.72 Å². The van der Waals surface area contributed by atoms with Crippen LogP contribution in [0.5, 0.6) is 5.75 Å². The third kappa shape index (κ3) is 1.54. The molecule has 0 aliphatic carbocycles. The first-order chi connectivity index (χ1) is 5.49. The van der Waals surface area contributed by atoms with E-state index >= 15 is 0 Å². The lowest BCUT2D eigenvalue weighted by atomic mass is 10.5. The average molecular weight is 238 g/mol. The molecule has 0 fully saturated rings. The molecule has 0 aromatic carbocycles. The number of pyridine rings is 1. The van der Waals surface area contributed by atoms with E-state index in [0.717, 1.165) is 0 Å². The summed E-state index contributed by atoms with van der Waals surface area (Å²) in [5.41, 5.74) is 0. The van der Waals surface area contributed by atoms with Crippen LogP contribution in [0.3, 0.4) is 0 Å². The van der Waals surface area contributed by atoms with Crippen LogP contribution in [0, 0.1) is 3.57 Å². The van der Waals surface area contributed by atoms with Crippen molar-refractivity contribution in [2.45, 2.75) is 0 Å². The highest BCUT2D eigenvalue weighted by Crippen LogP contribution is 2.16. The van der Waals surface area contributed by atoms with Crippen LogP contribution in [0.4, 0.5) is 0 Å². The molecule has 1 heterocycles. The Labute approximate surface area is 71.6 Å². The van der Waals surface area contributed by atoms with Crippen LogP contribution < -0.4 is 4.74 Å². The maximum Gasteiger partial charge on any atom is 0.135 e. The number of hydrogen-bond donors (Lipinski definition) is 0. The zero-order valence-corrected chi connectivity index (χ0v) is 6.62. The van der Waals surface area contributed by atoms with Gasteiger partial charge in [0, 0.05) is 12.4 Å². The van der Waals surface area contributed by atoms with Gasteiger partial charge in [0.05, 0.1) is 14.7 Å². The minimum absolute atomic E-state index is 0.339. The fourth-order valence-corrected chi connectivity index (χ4v) is 0.896. The molecule has 0 unspecified atom stereocenters. The summed E-state index contributed by atoms with van der Waals surface area (Å²) in [6, 6.07) is 1.52. The third-order valence-electron chi connectivity index (χ3n) is 0.845. The quantitative estimate of drug-likeness (QED) is 0.694. The Morgan fingerprint density at radius 3 is 3.44 bits per heavy atom. The Kier molecular flexibility index (Phi) is 1.25. The highest BCUT2D eigenvalue weighted by atomic mass is 127. The zero-order chi connectivity index (χ0) is 9.19. The van der Waals surface area contributed by atoms with E-state index in [9.17, 15) is 0 Å². The lowest BCUT2D eigenvalue weighted by Gasteiger charge is -1.98. The van der Waals surface area contributed by atoms with Crippen molar-refractivity contribution in [3.05, 3.63) is 22.0 Å². The summed E-state index contributed by atoms with van der Waals surface area (Å²) in [6.07, 6.45) is 3.03. The molecule has 1 aromatic heterocycles. The molecular formula is C6H6INO. The number of methoxy groups -OCH3 is 1. The van der Waals surface area contributed by atoms with E-state index in [4.69, 9.17) is 4.11 Å². The lowest BCUT2D eigenvalue weighted by molar-refractivity contribution is 0.411. The molecule has 0 saturated carbocycles. The predicted molar refractivity (Wildman–Crippen MR) is 43.5 cm³/mol. The van der Waals surface area contributed by atoms with Gasteiger partial charge in [0.15, 0.2) is 0 Å². The molecule has 1 aromatic rings. The number of ether oxygens (including phenoxy) is 1. The van der Waals surface area contributed by atoms with E-state index in [1.807, 2.05) is 22.6 Å².